The minimum atomic E-state index is -3.48. The highest BCUT2D eigenvalue weighted by Crippen LogP contribution is 2.09. The number of nitrogens with one attached hydrogen (secondary N) is 2. The van der Waals surface area contributed by atoms with Gasteiger partial charge in [-0.1, -0.05) is 48.5 Å². The molecule has 0 atom stereocenters. The Hall–Kier alpha value is -2.87. The van der Waals surface area contributed by atoms with Crippen LogP contribution < -0.4 is 10.6 Å². The van der Waals surface area contributed by atoms with E-state index in [1.165, 1.54) is 12.1 Å². The molecule has 2 rings (SSSR count). The molecular formula is C21H26N2O5S. The molecule has 0 saturated heterocycles. The summed E-state index contributed by atoms with van der Waals surface area (Å²) in [6.45, 7) is 0.605. The lowest BCUT2D eigenvalue weighted by Gasteiger charge is -2.08. The van der Waals surface area contributed by atoms with Gasteiger partial charge in [0.1, 0.15) is 6.61 Å². The Balaban J connectivity index is 1.52. The predicted octanol–water partition coefficient (Wildman–Crippen LogP) is 2.33. The second-order valence-corrected chi connectivity index (χ2v) is 8.49. The summed E-state index contributed by atoms with van der Waals surface area (Å²) in [5.74, 6) is -0.362. The van der Waals surface area contributed by atoms with Crippen molar-refractivity contribution in [2.45, 2.75) is 24.2 Å². The maximum Gasteiger partial charge on any atom is 0.407 e. The van der Waals surface area contributed by atoms with Crippen LogP contribution in [0.15, 0.2) is 65.6 Å². The number of sulfone groups is 1. The van der Waals surface area contributed by atoms with Gasteiger partial charge in [-0.25, -0.2) is 13.2 Å². The van der Waals surface area contributed by atoms with Gasteiger partial charge in [0.05, 0.1) is 10.6 Å². The Labute approximate surface area is 171 Å². The maximum atomic E-state index is 12.1. The van der Waals surface area contributed by atoms with Gasteiger partial charge in [-0.15, -0.1) is 0 Å². The minimum Gasteiger partial charge on any atom is -0.448 e. The molecule has 2 aromatic rings. The van der Waals surface area contributed by atoms with Crippen LogP contribution in [0.25, 0.3) is 0 Å². The molecule has 0 aromatic heterocycles. The van der Waals surface area contributed by atoms with Crippen LogP contribution in [0.2, 0.25) is 0 Å². The number of amides is 2. The molecule has 156 valence electrons. The molecule has 0 unspecified atom stereocenters. The molecule has 2 amide bonds. The zero-order chi connectivity index (χ0) is 21.0. The van der Waals surface area contributed by atoms with Crippen molar-refractivity contribution in [1.82, 2.24) is 10.6 Å². The van der Waals surface area contributed by atoms with E-state index in [2.05, 4.69) is 10.6 Å². The van der Waals surface area contributed by atoms with E-state index in [0.29, 0.717) is 13.0 Å². The Morgan fingerprint density at radius 1 is 0.862 bits per heavy atom. The molecule has 0 saturated carbocycles. The lowest BCUT2D eigenvalue weighted by Crippen LogP contribution is -2.29. The van der Waals surface area contributed by atoms with Gasteiger partial charge < -0.3 is 15.4 Å². The fourth-order valence-electron chi connectivity index (χ4n) is 2.56. The number of benzene rings is 2. The molecule has 0 aliphatic rings. The van der Waals surface area contributed by atoms with Crippen molar-refractivity contribution in [3.8, 4) is 0 Å². The monoisotopic (exact) mass is 418 g/mol. The molecule has 7 nitrogen and oxygen atoms in total. The van der Waals surface area contributed by atoms with E-state index in [-0.39, 0.29) is 36.1 Å². The van der Waals surface area contributed by atoms with Crippen LogP contribution >= 0.6 is 0 Å². The largest absolute Gasteiger partial charge is 0.448 e. The van der Waals surface area contributed by atoms with Gasteiger partial charge in [-0.3, -0.25) is 4.79 Å². The van der Waals surface area contributed by atoms with Crippen LogP contribution in [0.4, 0.5) is 4.79 Å². The normalized spacial score (nSPS) is 10.9. The first-order chi connectivity index (χ1) is 14.0. The summed E-state index contributed by atoms with van der Waals surface area (Å²) in [5.41, 5.74) is 1.16. The number of rotatable bonds is 11. The summed E-state index contributed by atoms with van der Waals surface area (Å²) < 4.78 is 29.0. The van der Waals surface area contributed by atoms with Gasteiger partial charge in [0, 0.05) is 19.5 Å². The number of carbonyl (C=O) groups is 2. The van der Waals surface area contributed by atoms with E-state index >= 15 is 0 Å². The highest BCUT2D eigenvalue weighted by molar-refractivity contribution is 7.91. The summed E-state index contributed by atoms with van der Waals surface area (Å²) in [4.78, 5) is 23.6. The fraction of sp³-hybridized carbons (Fsp3) is 0.333. The van der Waals surface area contributed by atoms with E-state index < -0.39 is 15.9 Å². The molecule has 0 bridgehead atoms. The Bertz CT molecular complexity index is 870. The third-order valence-corrected chi connectivity index (χ3v) is 5.81. The summed E-state index contributed by atoms with van der Waals surface area (Å²) in [6, 6.07) is 17.9. The first kappa shape index (κ1) is 22.4. The quantitative estimate of drug-likeness (QED) is 0.546. The summed E-state index contributed by atoms with van der Waals surface area (Å²) in [7, 11) is -3.48. The van der Waals surface area contributed by atoms with Gasteiger partial charge in [-0.05, 0) is 30.5 Å². The highest BCUT2D eigenvalue weighted by Gasteiger charge is 2.14. The average Bonchev–Trinajstić information content (AvgIpc) is 2.72. The smallest absolute Gasteiger partial charge is 0.407 e. The third-order valence-electron chi connectivity index (χ3n) is 4.12. The molecule has 0 aliphatic carbocycles. The molecule has 0 fully saturated rings. The molecule has 0 aliphatic heterocycles. The van der Waals surface area contributed by atoms with E-state index in [0.717, 1.165) is 12.0 Å². The van der Waals surface area contributed by atoms with Crippen molar-refractivity contribution in [3.63, 3.8) is 0 Å². The van der Waals surface area contributed by atoms with Gasteiger partial charge in [0.25, 0.3) is 0 Å². The first-order valence-corrected chi connectivity index (χ1v) is 11.1. The van der Waals surface area contributed by atoms with E-state index in [4.69, 9.17) is 4.74 Å². The van der Waals surface area contributed by atoms with Crippen molar-refractivity contribution in [1.29, 1.82) is 0 Å². The topological polar surface area (TPSA) is 102 Å². The van der Waals surface area contributed by atoms with Crippen LogP contribution in [0.3, 0.4) is 0 Å². The van der Waals surface area contributed by atoms with Gasteiger partial charge in [0.15, 0.2) is 9.84 Å². The van der Waals surface area contributed by atoms with Crippen LogP contribution in [0.1, 0.15) is 18.4 Å². The third kappa shape index (κ3) is 8.78. The van der Waals surface area contributed by atoms with Crippen molar-refractivity contribution in [3.05, 3.63) is 66.2 Å². The van der Waals surface area contributed by atoms with E-state index in [9.17, 15) is 18.0 Å². The minimum absolute atomic E-state index is 0.0787. The molecule has 2 aromatic carbocycles. The lowest BCUT2D eigenvalue weighted by atomic mass is 10.1. The number of carbonyl (C=O) groups excluding carboxylic acids is 2. The SMILES string of the molecule is O=C(CCCNC(=O)OCCS(=O)(=O)c1ccccc1)NCCc1ccccc1. The average molecular weight is 419 g/mol. The van der Waals surface area contributed by atoms with Gasteiger partial charge in [-0.2, -0.15) is 0 Å². The zero-order valence-electron chi connectivity index (χ0n) is 16.2. The van der Waals surface area contributed by atoms with Crippen LogP contribution in [-0.4, -0.2) is 45.9 Å². The fourth-order valence-corrected chi connectivity index (χ4v) is 3.67. The van der Waals surface area contributed by atoms with Crippen LogP contribution in [0, 0.1) is 0 Å². The van der Waals surface area contributed by atoms with Crippen molar-refractivity contribution in [2.75, 3.05) is 25.4 Å². The second kappa shape index (κ2) is 11.9. The number of alkyl carbamates (subject to hydrolysis) is 1. The number of ether oxygens (including phenoxy) is 1. The van der Waals surface area contributed by atoms with Crippen molar-refractivity contribution < 1.29 is 22.7 Å². The molecule has 0 heterocycles. The predicted molar refractivity (Wildman–Crippen MR) is 110 cm³/mol. The van der Waals surface area contributed by atoms with Gasteiger partial charge in [0.2, 0.25) is 5.91 Å². The summed E-state index contributed by atoms with van der Waals surface area (Å²) in [5, 5.41) is 5.35. The van der Waals surface area contributed by atoms with Crippen molar-refractivity contribution >= 4 is 21.8 Å². The highest BCUT2D eigenvalue weighted by atomic mass is 32.2. The Morgan fingerprint density at radius 2 is 1.52 bits per heavy atom. The molecule has 0 spiro atoms. The van der Waals surface area contributed by atoms with Crippen LogP contribution in [0.5, 0.6) is 0 Å². The van der Waals surface area contributed by atoms with E-state index in [1.54, 1.807) is 18.2 Å². The summed E-state index contributed by atoms with van der Waals surface area (Å²) in [6.07, 6.45) is 0.826. The molecular weight excluding hydrogens is 392 g/mol. The number of hydrogen-bond donors (Lipinski definition) is 2. The molecule has 0 radical (unpaired) electrons. The van der Waals surface area contributed by atoms with Crippen LogP contribution in [-0.2, 0) is 25.8 Å². The van der Waals surface area contributed by atoms with Crippen molar-refractivity contribution in [2.24, 2.45) is 0 Å². The van der Waals surface area contributed by atoms with Gasteiger partial charge >= 0.3 is 6.09 Å². The maximum absolute atomic E-state index is 12.1. The Kier molecular flexibility index (Phi) is 9.17. The summed E-state index contributed by atoms with van der Waals surface area (Å²) >= 11 is 0. The Morgan fingerprint density at radius 3 is 2.21 bits per heavy atom. The zero-order valence-corrected chi connectivity index (χ0v) is 17.0. The van der Waals surface area contributed by atoms with E-state index in [1.807, 2.05) is 30.3 Å². The molecule has 8 heteroatoms. The number of hydrogen-bond acceptors (Lipinski definition) is 5. The molecule has 2 N–H and O–H groups in total. The lowest BCUT2D eigenvalue weighted by molar-refractivity contribution is -0.121. The first-order valence-electron chi connectivity index (χ1n) is 9.46. The second-order valence-electron chi connectivity index (χ2n) is 6.38. The molecule has 29 heavy (non-hydrogen) atoms. The standard InChI is InChI=1S/C21H26N2O5S/c24-20(22-15-13-18-8-3-1-4-9-18)12-7-14-23-21(25)28-16-17-29(26,27)19-10-5-2-6-11-19/h1-6,8-11H,7,12-17H2,(H,22,24)(H,23,25).